The second-order valence-corrected chi connectivity index (χ2v) is 8.17. The fourth-order valence-electron chi connectivity index (χ4n) is 4.61. The Kier molecular flexibility index (Phi) is 5.22. The van der Waals surface area contributed by atoms with E-state index in [0.29, 0.717) is 28.9 Å². The fourth-order valence-corrected chi connectivity index (χ4v) is 4.61. The van der Waals surface area contributed by atoms with Gasteiger partial charge in [0.05, 0.1) is 42.6 Å². The Bertz CT molecular complexity index is 1080. The number of rotatable bonds is 4. The van der Waals surface area contributed by atoms with E-state index in [9.17, 15) is 4.79 Å². The molecule has 0 aromatic carbocycles. The van der Waals surface area contributed by atoms with Crippen molar-refractivity contribution in [2.45, 2.75) is 37.8 Å². The Hall–Kier alpha value is -2.78. The van der Waals surface area contributed by atoms with Crippen molar-refractivity contribution in [1.82, 2.24) is 29.4 Å². The van der Waals surface area contributed by atoms with Gasteiger partial charge in [-0.2, -0.15) is 4.98 Å². The van der Waals surface area contributed by atoms with E-state index in [1.54, 1.807) is 12.5 Å². The number of fused-ring (bicyclic) bond motifs is 1. The number of aromatic amines is 1. The predicted molar refractivity (Wildman–Crippen MR) is 114 cm³/mol. The Morgan fingerprint density at radius 3 is 2.67 bits per heavy atom. The highest BCUT2D eigenvalue weighted by molar-refractivity contribution is 5.86. The monoisotopic (exact) mass is 409 g/mol. The summed E-state index contributed by atoms with van der Waals surface area (Å²) in [5, 5.41) is 3.52. The Labute approximate surface area is 174 Å². The minimum atomic E-state index is -0.359. The third-order valence-electron chi connectivity index (χ3n) is 6.25. The molecule has 0 radical (unpaired) electrons. The van der Waals surface area contributed by atoms with Crippen LogP contribution >= 0.6 is 0 Å². The smallest absolute Gasteiger partial charge is 0.347 e. The van der Waals surface area contributed by atoms with Crippen LogP contribution in [-0.2, 0) is 11.8 Å². The zero-order valence-corrected chi connectivity index (χ0v) is 17.2. The van der Waals surface area contributed by atoms with Gasteiger partial charge in [0.15, 0.2) is 5.82 Å². The van der Waals surface area contributed by atoms with Crippen LogP contribution in [0.15, 0.2) is 29.5 Å². The molecule has 0 spiro atoms. The molecular formula is C21H27N7O2. The number of H-pyrrole nitrogens is 1. The predicted octanol–water partition coefficient (Wildman–Crippen LogP) is 1.77. The first kappa shape index (κ1) is 19.2. The third kappa shape index (κ3) is 3.82. The SMILES string of the molecule is Cn1cncc1-c1ccc2[nH]c(=O)nc(NC3CCC(N4CCOCC4)CC3)c2n1. The number of hydrogen-bond donors (Lipinski definition) is 2. The molecule has 1 aliphatic heterocycles. The summed E-state index contributed by atoms with van der Waals surface area (Å²) in [6.07, 6.45) is 7.93. The summed E-state index contributed by atoms with van der Waals surface area (Å²) in [4.78, 5) is 30.6. The lowest BCUT2D eigenvalue weighted by molar-refractivity contribution is 0.00791. The molecule has 2 N–H and O–H groups in total. The van der Waals surface area contributed by atoms with E-state index in [1.807, 2.05) is 23.7 Å². The lowest BCUT2D eigenvalue weighted by Gasteiger charge is -2.39. The summed E-state index contributed by atoms with van der Waals surface area (Å²) < 4.78 is 7.40. The van der Waals surface area contributed by atoms with Gasteiger partial charge in [0.2, 0.25) is 0 Å². The van der Waals surface area contributed by atoms with Crippen molar-refractivity contribution < 1.29 is 4.74 Å². The van der Waals surface area contributed by atoms with E-state index >= 15 is 0 Å². The standard InChI is InChI=1S/C21H27N7O2/c1-27-13-22-12-18(27)16-6-7-17-19(24-16)20(26-21(29)25-17)23-14-2-4-15(5-3-14)28-8-10-30-11-9-28/h6-7,12-15H,2-5,8-11H2,1H3,(H2,23,25,26,29). The highest BCUT2D eigenvalue weighted by Gasteiger charge is 2.27. The van der Waals surface area contributed by atoms with E-state index in [4.69, 9.17) is 9.72 Å². The molecule has 158 valence electrons. The molecule has 4 heterocycles. The van der Waals surface area contributed by atoms with E-state index in [-0.39, 0.29) is 5.69 Å². The first-order chi connectivity index (χ1) is 14.7. The van der Waals surface area contributed by atoms with Crippen molar-refractivity contribution in [1.29, 1.82) is 0 Å². The Balaban J connectivity index is 1.36. The van der Waals surface area contributed by atoms with Gasteiger partial charge < -0.3 is 19.6 Å². The number of hydrogen-bond acceptors (Lipinski definition) is 7. The van der Waals surface area contributed by atoms with Gasteiger partial charge in [-0.25, -0.2) is 14.8 Å². The number of pyridine rings is 1. The second-order valence-electron chi connectivity index (χ2n) is 8.17. The molecule has 0 atom stereocenters. The maximum atomic E-state index is 12.1. The molecule has 0 bridgehead atoms. The van der Waals surface area contributed by atoms with Crippen molar-refractivity contribution in [2.24, 2.45) is 7.05 Å². The lowest BCUT2D eigenvalue weighted by atomic mass is 9.90. The topological polar surface area (TPSA) is 101 Å². The molecule has 1 saturated carbocycles. The number of ether oxygens (including phenoxy) is 1. The summed E-state index contributed by atoms with van der Waals surface area (Å²) in [5.41, 5.74) is 2.73. The van der Waals surface area contributed by atoms with E-state index < -0.39 is 0 Å². The number of aromatic nitrogens is 5. The molecule has 1 aliphatic carbocycles. The van der Waals surface area contributed by atoms with Gasteiger partial charge >= 0.3 is 5.69 Å². The van der Waals surface area contributed by atoms with Crippen molar-refractivity contribution in [3.63, 3.8) is 0 Å². The van der Waals surface area contributed by atoms with Crippen molar-refractivity contribution >= 4 is 16.9 Å². The minimum absolute atomic E-state index is 0.293. The summed E-state index contributed by atoms with van der Waals surface area (Å²) in [5.74, 6) is 0.563. The molecule has 1 saturated heterocycles. The number of nitrogens with zero attached hydrogens (tertiary/aromatic N) is 5. The van der Waals surface area contributed by atoms with Gasteiger partial charge in [-0.05, 0) is 37.8 Å². The zero-order valence-electron chi connectivity index (χ0n) is 17.2. The van der Waals surface area contributed by atoms with E-state index in [2.05, 4.69) is 25.2 Å². The highest BCUT2D eigenvalue weighted by atomic mass is 16.5. The Morgan fingerprint density at radius 2 is 1.93 bits per heavy atom. The molecule has 0 amide bonds. The Morgan fingerprint density at radius 1 is 1.13 bits per heavy atom. The summed E-state index contributed by atoms with van der Waals surface area (Å²) in [6.45, 7) is 3.74. The van der Waals surface area contributed by atoms with Gasteiger partial charge in [-0.1, -0.05) is 0 Å². The number of nitrogens with one attached hydrogen (secondary N) is 2. The van der Waals surface area contributed by atoms with Crippen LogP contribution in [0.4, 0.5) is 5.82 Å². The van der Waals surface area contributed by atoms with Gasteiger partial charge in [0.25, 0.3) is 0 Å². The van der Waals surface area contributed by atoms with Crippen LogP contribution in [0.3, 0.4) is 0 Å². The first-order valence-corrected chi connectivity index (χ1v) is 10.6. The average Bonchev–Trinajstić information content (AvgIpc) is 3.20. The number of aryl methyl sites for hydroxylation is 1. The van der Waals surface area contributed by atoms with Crippen molar-refractivity contribution in [2.75, 3.05) is 31.6 Å². The largest absolute Gasteiger partial charge is 0.379 e. The quantitative estimate of drug-likeness (QED) is 0.677. The maximum absolute atomic E-state index is 12.1. The minimum Gasteiger partial charge on any atom is -0.379 e. The molecule has 2 fully saturated rings. The molecule has 3 aromatic heterocycles. The lowest BCUT2D eigenvalue weighted by Crippen LogP contribution is -2.46. The molecule has 3 aromatic rings. The maximum Gasteiger partial charge on any atom is 0.347 e. The van der Waals surface area contributed by atoms with E-state index in [1.165, 1.54) is 0 Å². The molecule has 30 heavy (non-hydrogen) atoms. The molecule has 2 aliphatic rings. The molecule has 9 nitrogen and oxygen atoms in total. The summed E-state index contributed by atoms with van der Waals surface area (Å²) in [6, 6.07) is 4.70. The van der Waals surface area contributed by atoms with Gasteiger partial charge in [-0.15, -0.1) is 0 Å². The van der Waals surface area contributed by atoms with Crippen LogP contribution in [0, 0.1) is 0 Å². The van der Waals surface area contributed by atoms with E-state index in [0.717, 1.165) is 63.4 Å². The van der Waals surface area contributed by atoms with Crippen molar-refractivity contribution in [3.05, 3.63) is 35.1 Å². The summed E-state index contributed by atoms with van der Waals surface area (Å²) in [7, 11) is 1.94. The molecular weight excluding hydrogens is 382 g/mol. The molecule has 9 heteroatoms. The number of imidazole rings is 1. The van der Waals surface area contributed by atoms with Crippen LogP contribution in [0.5, 0.6) is 0 Å². The van der Waals surface area contributed by atoms with Gasteiger partial charge in [-0.3, -0.25) is 4.90 Å². The highest BCUT2D eigenvalue weighted by Crippen LogP contribution is 2.28. The third-order valence-corrected chi connectivity index (χ3v) is 6.25. The van der Waals surface area contributed by atoms with Crippen LogP contribution < -0.4 is 11.0 Å². The van der Waals surface area contributed by atoms with Crippen LogP contribution in [0.1, 0.15) is 25.7 Å². The normalized spacial score (nSPS) is 23.0. The van der Waals surface area contributed by atoms with Crippen LogP contribution in [-0.4, -0.2) is 67.8 Å². The van der Waals surface area contributed by atoms with Gasteiger partial charge in [0, 0.05) is 32.2 Å². The number of anilines is 1. The second kappa shape index (κ2) is 8.16. The summed E-state index contributed by atoms with van der Waals surface area (Å²) >= 11 is 0. The van der Waals surface area contributed by atoms with Gasteiger partial charge in [0.1, 0.15) is 5.52 Å². The zero-order chi connectivity index (χ0) is 20.5. The molecule has 0 unspecified atom stereocenters. The average molecular weight is 409 g/mol. The first-order valence-electron chi connectivity index (χ1n) is 10.6. The molecule has 5 rings (SSSR count). The van der Waals surface area contributed by atoms with Crippen LogP contribution in [0.25, 0.3) is 22.4 Å². The van der Waals surface area contributed by atoms with Crippen LogP contribution in [0.2, 0.25) is 0 Å². The van der Waals surface area contributed by atoms with Crippen molar-refractivity contribution in [3.8, 4) is 11.4 Å². The fraction of sp³-hybridized carbons (Fsp3) is 0.524. The number of morpholine rings is 1.